The summed E-state index contributed by atoms with van der Waals surface area (Å²) >= 11 is 6.15. The molecule has 1 aromatic rings. The van der Waals surface area contributed by atoms with Crippen molar-refractivity contribution in [1.82, 2.24) is 4.90 Å². The van der Waals surface area contributed by atoms with Crippen molar-refractivity contribution in [3.05, 3.63) is 28.3 Å². The molecule has 1 aliphatic heterocycles. The predicted molar refractivity (Wildman–Crippen MR) is 76.6 cm³/mol. The van der Waals surface area contributed by atoms with Crippen LogP contribution in [0.5, 0.6) is 0 Å². The Morgan fingerprint density at radius 1 is 1.47 bits per heavy atom. The lowest BCUT2D eigenvalue weighted by Gasteiger charge is -2.37. The maximum atomic E-state index is 11.9. The predicted octanol–water partition coefficient (Wildman–Crippen LogP) is 1.82. The van der Waals surface area contributed by atoms with Gasteiger partial charge in [-0.2, -0.15) is 0 Å². The number of hydrogen-bond donors (Lipinski definition) is 2. The Bertz CT molecular complexity index is 461. The molecule has 5 heteroatoms. The Morgan fingerprint density at radius 2 is 2.16 bits per heavy atom. The Morgan fingerprint density at radius 3 is 2.74 bits per heavy atom. The van der Waals surface area contributed by atoms with E-state index in [0.29, 0.717) is 23.2 Å². The summed E-state index contributed by atoms with van der Waals surface area (Å²) in [5, 5.41) is 12.4. The second-order valence-corrected chi connectivity index (χ2v) is 5.64. The SMILES string of the molecule is Cc1cc(C)c(NC(=O)CN2CC(CO)C2)c(Cl)c1. The van der Waals surface area contributed by atoms with Gasteiger partial charge in [0.1, 0.15) is 0 Å². The highest BCUT2D eigenvalue weighted by Crippen LogP contribution is 2.27. The zero-order valence-electron chi connectivity index (χ0n) is 11.2. The fourth-order valence-corrected chi connectivity index (χ4v) is 2.75. The number of benzene rings is 1. The molecule has 2 rings (SSSR count). The molecular formula is C14H19ClN2O2. The molecule has 0 radical (unpaired) electrons. The number of anilines is 1. The molecule has 0 saturated carbocycles. The van der Waals surface area contributed by atoms with E-state index in [1.807, 2.05) is 30.9 Å². The number of aryl methyl sites for hydroxylation is 2. The number of hydrogen-bond acceptors (Lipinski definition) is 3. The minimum absolute atomic E-state index is 0.0646. The first-order chi connectivity index (χ1) is 8.99. The number of nitrogens with zero attached hydrogens (tertiary/aromatic N) is 1. The van der Waals surface area contributed by atoms with E-state index in [0.717, 1.165) is 24.2 Å². The van der Waals surface area contributed by atoms with Crippen molar-refractivity contribution in [2.75, 3.05) is 31.6 Å². The Hall–Kier alpha value is -1.10. The van der Waals surface area contributed by atoms with E-state index in [9.17, 15) is 4.79 Å². The van der Waals surface area contributed by atoms with E-state index in [2.05, 4.69) is 5.32 Å². The van der Waals surface area contributed by atoms with Gasteiger partial charge in [-0.25, -0.2) is 0 Å². The molecule has 104 valence electrons. The van der Waals surface area contributed by atoms with Crippen molar-refractivity contribution in [1.29, 1.82) is 0 Å². The molecule has 1 saturated heterocycles. The van der Waals surface area contributed by atoms with Gasteiger partial charge in [-0.05, 0) is 31.0 Å². The molecule has 0 bridgehead atoms. The van der Waals surface area contributed by atoms with Crippen LogP contribution in [0, 0.1) is 19.8 Å². The Labute approximate surface area is 118 Å². The lowest BCUT2D eigenvalue weighted by molar-refractivity contribution is -0.119. The average molecular weight is 283 g/mol. The van der Waals surface area contributed by atoms with Gasteiger partial charge >= 0.3 is 0 Å². The molecule has 0 unspecified atom stereocenters. The van der Waals surface area contributed by atoms with Gasteiger partial charge in [0.15, 0.2) is 0 Å². The number of likely N-dealkylation sites (tertiary alicyclic amines) is 1. The molecule has 1 aliphatic rings. The van der Waals surface area contributed by atoms with Crippen molar-refractivity contribution in [3.8, 4) is 0 Å². The molecule has 0 aromatic heterocycles. The summed E-state index contributed by atoms with van der Waals surface area (Å²) in [5.41, 5.74) is 2.74. The standard InChI is InChI=1S/C14H19ClN2O2/c1-9-3-10(2)14(12(15)4-9)16-13(19)7-17-5-11(6-17)8-18/h3-4,11,18H,5-8H2,1-2H3,(H,16,19). The number of rotatable bonds is 4. The maximum Gasteiger partial charge on any atom is 0.238 e. The van der Waals surface area contributed by atoms with Gasteiger partial charge in [0.2, 0.25) is 5.91 Å². The summed E-state index contributed by atoms with van der Waals surface area (Å²) in [6, 6.07) is 3.84. The van der Waals surface area contributed by atoms with Crippen LogP contribution < -0.4 is 5.32 Å². The number of halogens is 1. The number of nitrogens with one attached hydrogen (secondary N) is 1. The average Bonchev–Trinajstić information content (AvgIpc) is 2.27. The van der Waals surface area contributed by atoms with E-state index in [-0.39, 0.29) is 12.5 Å². The minimum Gasteiger partial charge on any atom is -0.396 e. The van der Waals surface area contributed by atoms with E-state index < -0.39 is 0 Å². The second kappa shape index (κ2) is 5.90. The Kier molecular flexibility index (Phi) is 4.45. The maximum absolute atomic E-state index is 11.9. The van der Waals surface area contributed by atoms with Crippen LogP contribution in [0.2, 0.25) is 5.02 Å². The number of aliphatic hydroxyl groups excluding tert-OH is 1. The van der Waals surface area contributed by atoms with Gasteiger partial charge < -0.3 is 10.4 Å². The molecule has 2 N–H and O–H groups in total. The van der Waals surface area contributed by atoms with Crippen LogP contribution in [-0.4, -0.2) is 42.2 Å². The first-order valence-corrected chi connectivity index (χ1v) is 6.77. The normalized spacial score (nSPS) is 16.2. The number of amides is 1. The van der Waals surface area contributed by atoms with Crippen molar-refractivity contribution in [3.63, 3.8) is 0 Å². The van der Waals surface area contributed by atoms with Crippen molar-refractivity contribution in [2.24, 2.45) is 5.92 Å². The molecule has 1 amide bonds. The van der Waals surface area contributed by atoms with Gasteiger partial charge in [0.25, 0.3) is 0 Å². The van der Waals surface area contributed by atoms with Gasteiger partial charge in [0, 0.05) is 25.6 Å². The zero-order chi connectivity index (χ0) is 14.0. The highest BCUT2D eigenvalue weighted by atomic mass is 35.5. The summed E-state index contributed by atoms with van der Waals surface area (Å²) < 4.78 is 0. The van der Waals surface area contributed by atoms with Crippen LogP contribution in [0.25, 0.3) is 0 Å². The van der Waals surface area contributed by atoms with Gasteiger partial charge in [0.05, 0.1) is 17.3 Å². The number of aliphatic hydroxyl groups is 1. The van der Waals surface area contributed by atoms with Gasteiger partial charge in [-0.15, -0.1) is 0 Å². The highest BCUT2D eigenvalue weighted by Gasteiger charge is 2.27. The zero-order valence-corrected chi connectivity index (χ0v) is 12.0. The summed E-state index contributed by atoms with van der Waals surface area (Å²) in [6.07, 6.45) is 0. The van der Waals surface area contributed by atoms with E-state index in [1.54, 1.807) is 0 Å². The van der Waals surface area contributed by atoms with E-state index in [1.165, 1.54) is 0 Å². The van der Waals surface area contributed by atoms with E-state index >= 15 is 0 Å². The van der Waals surface area contributed by atoms with Crippen LogP contribution >= 0.6 is 11.6 Å². The van der Waals surface area contributed by atoms with Crippen LogP contribution in [-0.2, 0) is 4.79 Å². The first kappa shape index (κ1) is 14.3. The Balaban J connectivity index is 1.93. The lowest BCUT2D eigenvalue weighted by Crippen LogP contribution is -2.51. The lowest BCUT2D eigenvalue weighted by atomic mass is 10.0. The second-order valence-electron chi connectivity index (χ2n) is 5.23. The topological polar surface area (TPSA) is 52.6 Å². The van der Waals surface area contributed by atoms with Crippen LogP contribution in [0.3, 0.4) is 0 Å². The monoisotopic (exact) mass is 282 g/mol. The fraction of sp³-hybridized carbons (Fsp3) is 0.500. The van der Waals surface area contributed by atoms with Gasteiger partial charge in [-0.1, -0.05) is 17.7 Å². The molecule has 19 heavy (non-hydrogen) atoms. The van der Waals surface area contributed by atoms with Crippen molar-refractivity contribution >= 4 is 23.2 Å². The quantitative estimate of drug-likeness (QED) is 0.886. The van der Waals surface area contributed by atoms with Crippen LogP contribution in [0.1, 0.15) is 11.1 Å². The smallest absolute Gasteiger partial charge is 0.238 e. The fourth-order valence-electron chi connectivity index (χ4n) is 2.38. The minimum atomic E-state index is -0.0646. The third-order valence-corrected chi connectivity index (χ3v) is 3.65. The molecule has 0 aliphatic carbocycles. The molecule has 1 heterocycles. The first-order valence-electron chi connectivity index (χ1n) is 6.39. The largest absolute Gasteiger partial charge is 0.396 e. The summed E-state index contributed by atoms with van der Waals surface area (Å²) in [5.74, 6) is 0.253. The summed E-state index contributed by atoms with van der Waals surface area (Å²) in [4.78, 5) is 13.9. The molecule has 1 aromatic carbocycles. The third-order valence-electron chi connectivity index (χ3n) is 3.35. The van der Waals surface area contributed by atoms with Crippen LogP contribution in [0.4, 0.5) is 5.69 Å². The molecule has 1 fully saturated rings. The third kappa shape index (κ3) is 3.47. The van der Waals surface area contributed by atoms with Crippen molar-refractivity contribution in [2.45, 2.75) is 13.8 Å². The number of carbonyl (C=O) groups excluding carboxylic acids is 1. The van der Waals surface area contributed by atoms with Gasteiger partial charge in [-0.3, -0.25) is 9.69 Å². The van der Waals surface area contributed by atoms with E-state index in [4.69, 9.17) is 16.7 Å². The highest BCUT2D eigenvalue weighted by molar-refractivity contribution is 6.34. The molecular weight excluding hydrogens is 264 g/mol. The molecule has 0 spiro atoms. The molecule has 4 nitrogen and oxygen atoms in total. The summed E-state index contributed by atoms with van der Waals surface area (Å²) in [7, 11) is 0. The van der Waals surface area contributed by atoms with Crippen LogP contribution in [0.15, 0.2) is 12.1 Å². The number of carbonyl (C=O) groups is 1. The summed E-state index contributed by atoms with van der Waals surface area (Å²) in [6.45, 7) is 6.01. The molecule has 0 atom stereocenters. The van der Waals surface area contributed by atoms with Crippen molar-refractivity contribution < 1.29 is 9.90 Å².